The van der Waals surface area contributed by atoms with Crippen LogP contribution in [0, 0.1) is 6.92 Å². The predicted octanol–water partition coefficient (Wildman–Crippen LogP) is 3.26. The average molecular weight is 296 g/mol. The van der Waals surface area contributed by atoms with Crippen LogP contribution in [0.25, 0.3) is 11.3 Å². The summed E-state index contributed by atoms with van der Waals surface area (Å²) in [5, 5.41) is 0. The number of aromatic nitrogens is 2. The molecule has 1 aromatic heterocycles. The van der Waals surface area contributed by atoms with E-state index in [1.807, 2.05) is 0 Å². The van der Waals surface area contributed by atoms with Gasteiger partial charge >= 0.3 is 12.1 Å². The van der Waals surface area contributed by atoms with E-state index in [4.69, 9.17) is 0 Å². The van der Waals surface area contributed by atoms with E-state index in [2.05, 4.69) is 14.7 Å². The van der Waals surface area contributed by atoms with Crippen LogP contribution >= 0.6 is 0 Å². The number of aryl methyl sites for hydroxylation is 1. The topological polar surface area (TPSA) is 52.1 Å². The highest BCUT2D eigenvalue weighted by molar-refractivity contribution is 5.94. The van der Waals surface area contributed by atoms with Crippen LogP contribution in [0.1, 0.15) is 21.6 Å². The number of hydrogen-bond acceptors (Lipinski definition) is 4. The molecule has 4 nitrogen and oxygen atoms in total. The van der Waals surface area contributed by atoms with E-state index in [-0.39, 0.29) is 11.4 Å². The SMILES string of the molecule is COC(=O)c1nccnc1-c1ccc(C(F)(F)F)cc1C. The van der Waals surface area contributed by atoms with Crippen LogP contribution in [0.4, 0.5) is 13.2 Å². The molecule has 0 atom stereocenters. The van der Waals surface area contributed by atoms with Crippen molar-refractivity contribution < 1.29 is 22.7 Å². The largest absolute Gasteiger partial charge is 0.464 e. The van der Waals surface area contributed by atoms with E-state index in [0.717, 1.165) is 12.1 Å². The molecule has 0 saturated carbocycles. The monoisotopic (exact) mass is 296 g/mol. The van der Waals surface area contributed by atoms with Crippen LogP contribution in [0.15, 0.2) is 30.6 Å². The number of alkyl halides is 3. The van der Waals surface area contributed by atoms with Gasteiger partial charge in [0.2, 0.25) is 0 Å². The quantitative estimate of drug-likeness (QED) is 0.798. The van der Waals surface area contributed by atoms with Crippen LogP contribution in [0.3, 0.4) is 0 Å². The number of carbonyl (C=O) groups is 1. The smallest absolute Gasteiger partial charge is 0.416 e. The normalized spacial score (nSPS) is 11.3. The molecule has 21 heavy (non-hydrogen) atoms. The molecule has 0 fully saturated rings. The molecule has 0 aliphatic rings. The van der Waals surface area contributed by atoms with Gasteiger partial charge in [0.25, 0.3) is 0 Å². The zero-order valence-electron chi connectivity index (χ0n) is 11.2. The van der Waals surface area contributed by atoms with Gasteiger partial charge in [0.1, 0.15) is 5.69 Å². The summed E-state index contributed by atoms with van der Waals surface area (Å²) in [4.78, 5) is 19.5. The fraction of sp³-hybridized carbons (Fsp3) is 0.214. The van der Waals surface area contributed by atoms with Crippen molar-refractivity contribution in [2.45, 2.75) is 13.1 Å². The van der Waals surface area contributed by atoms with Crippen LogP contribution in [0.5, 0.6) is 0 Å². The zero-order valence-corrected chi connectivity index (χ0v) is 11.2. The highest BCUT2D eigenvalue weighted by atomic mass is 19.4. The lowest BCUT2D eigenvalue weighted by atomic mass is 10.0. The average Bonchev–Trinajstić information content (AvgIpc) is 2.45. The molecule has 0 amide bonds. The number of nitrogens with zero attached hydrogens (tertiary/aromatic N) is 2. The first kappa shape index (κ1) is 15.0. The fourth-order valence-electron chi connectivity index (χ4n) is 1.89. The van der Waals surface area contributed by atoms with Crippen molar-refractivity contribution in [1.29, 1.82) is 0 Å². The summed E-state index contributed by atoms with van der Waals surface area (Å²) in [6, 6.07) is 3.22. The van der Waals surface area contributed by atoms with E-state index in [9.17, 15) is 18.0 Å². The number of rotatable bonds is 2. The van der Waals surface area contributed by atoms with Gasteiger partial charge < -0.3 is 4.74 Å². The minimum atomic E-state index is -4.42. The molecule has 0 aliphatic carbocycles. The lowest BCUT2D eigenvalue weighted by Gasteiger charge is -2.12. The maximum atomic E-state index is 12.7. The maximum Gasteiger partial charge on any atom is 0.416 e. The molecular formula is C14H11F3N2O2. The van der Waals surface area contributed by atoms with Gasteiger partial charge in [0.15, 0.2) is 5.69 Å². The molecule has 0 spiro atoms. The van der Waals surface area contributed by atoms with E-state index in [1.54, 1.807) is 0 Å². The maximum absolute atomic E-state index is 12.7. The molecule has 0 radical (unpaired) electrons. The van der Waals surface area contributed by atoms with Gasteiger partial charge in [-0.05, 0) is 24.6 Å². The first-order valence-electron chi connectivity index (χ1n) is 5.92. The Bertz CT molecular complexity index is 684. The lowest BCUT2D eigenvalue weighted by molar-refractivity contribution is -0.137. The number of carbonyl (C=O) groups excluding carboxylic acids is 1. The fourth-order valence-corrected chi connectivity index (χ4v) is 1.89. The minimum absolute atomic E-state index is 0.0390. The number of benzene rings is 1. The van der Waals surface area contributed by atoms with E-state index in [1.165, 1.54) is 32.5 Å². The molecule has 2 rings (SSSR count). The molecular weight excluding hydrogens is 285 g/mol. The van der Waals surface area contributed by atoms with Gasteiger partial charge in [0, 0.05) is 18.0 Å². The van der Waals surface area contributed by atoms with Crippen molar-refractivity contribution in [2.75, 3.05) is 7.11 Å². The van der Waals surface area contributed by atoms with Gasteiger partial charge in [-0.2, -0.15) is 13.2 Å². The third kappa shape index (κ3) is 3.01. The molecule has 0 unspecified atom stereocenters. The number of esters is 1. The van der Waals surface area contributed by atoms with Crippen LogP contribution in [-0.4, -0.2) is 23.0 Å². The molecule has 110 valence electrons. The van der Waals surface area contributed by atoms with Gasteiger partial charge in [-0.3, -0.25) is 4.98 Å². The van der Waals surface area contributed by atoms with Crippen molar-refractivity contribution in [3.05, 3.63) is 47.4 Å². The first-order chi connectivity index (χ1) is 9.84. The standard InChI is InChI=1S/C14H11F3N2O2/c1-8-7-9(14(15,16)17)3-4-10(8)11-12(13(20)21-2)19-6-5-18-11/h3-7H,1-2H3. The van der Waals surface area contributed by atoms with Gasteiger partial charge in [-0.15, -0.1) is 0 Å². The molecule has 0 N–H and O–H groups in total. The molecule has 7 heteroatoms. The zero-order chi connectivity index (χ0) is 15.6. The van der Waals surface area contributed by atoms with Gasteiger partial charge in [-0.25, -0.2) is 9.78 Å². The lowest BCUT2D eigenvalue weighted by Crippen LogP contribution is -2.09. The van der Waals surface area contributed by atoms with Crippen molar-refractivity contribution in [3.63, 3.8) is 0 Å². The van der Waals surface area contributed by atoms with Crippen molar-refractivity contribution in [1.82, 2.24) is 9.97 Å². The Labute approximate surface area is 118 Å². The number of hydrogen-bond donors (Lipinski definition) is 0. The van der Waals surface area contributed by atoms with Crippen LogP contribution in [0.2, 0.25) is 0 Å². The summed E-state index contributed by atoms with van der Waals surface area (Å²) in [5.41, 5.74) is 0.137. The number of halogens is 3. The Morgan fingerprint density at radius 3 is 2.43 bits per heavy atom. The van der Waals surface area contributed by atoms with Crippen molar-refractivity contribution in [2.24, 2.45) is 0 Å². The highest BCUT2D eigenvalue weighted by Gasteiger charge is 2.31. The molecule has 2 aromatic rings. The Kier molecular flexibility index (Phi) is 3.93. The Hall–Kier alpha value is -2.44. The van der Waals surface area contributed by atoms with Gasteiger partial charge in [0.05, 0.1) is 12.7 Å². The summed E-state index contributed by atoms with van der Waals surface area (Å²) in [7, 11) is 1.19. The van der Waals surface area contributed by atoms with Crippen LogP contribution in [-0.2, 0) is 10.9 Å². The Balaban J connectivity index is 2.56. The Morgan fingerprint density at radius 1 is 1.19 bits per heavy atom. The summed E-state index contributed by atoms with van der Waals surface area (Å²) >= 11 is 0. The molecule has 1 heterocycles. The van der Waals surface area contributed by atoms with Gasteiger partial charge in [-0.1, -0.05) is 6.07 Å². The third-order valence-electron chi connectivity index (χ3n) is 2.89. The van der Waals surface area contributed by atoms with E-state index < -0.39 is 17.7 Å². The second-order valence-corrected chi connectivity index (χ2v) is 4.27. The van der Waals surface area contributed by atoms with Crippen molar-refractivity contribution >= 4 is 5.97 Å². The molecule has 1 aromatic carbocycles. The summed E-state index contributed by atoms with van der Waals surface area (Å²) in [5.74, 6) is -0.697. The minimum Gasteiger partial charge on any atom is -0.464 e. The number of methoxy groups -OCH3 is 1. The van der Waals surface area contributed by atoms with E-state index >= 15 is 0 Å². The Morgan fingerprint density at radius 2 is 1.86 bits per heavy atom. The number of ether oxygens (including phenoxy) is 1. The predicted molar refractivity (Wildman–Crippen MR) is 68.5 cm³/mol. The highest BCUT2D eigenvalue weighted by Crippen LogP contribution is 2.33. The summed E-state index contributed by atoms with van der Waals surface area (Å²) < 4.78 is 42.6. The summed E-state index contributed by atoms with van der Waals surface area (Å²) in [6.07, 6.45) is -1.75. The van der Waals surface area contributed by atoms with Crippen LogP contribution < -0.4 is 0 Å². The second kappa shape index (κ2) is 5.51. The third-order valence-corrected chi connectivity index (χ3v) is 2.89. The van der Waals surface area contributed by atoms with Crippen molar-refractivity contribution in [3.8, 4) is 11.3 Å². The van der Waals surface area contributed by atoms with E-state index in [0.29, 0.717) is 11.1 Å². The molecule has 0 bridgehead atoms. The summed E-state index contributed by atoms with van der Waals surface area (Å²) in [6.45, 7) is 1.51. The second-order valence-electron chi connectivity index (χ2n) is 4.27. The molecule has 0 aliphatic heterocycles. The molecule has 0 saturated heterocycles. The first-order valence-corrected chi connectivity index (χ1v) is 5.92.